The minimum Gasteiger partial charge on any atom is -0.379 e. The van der Waals surface area contributed by atoms with Crippen molar-refractivity contribution in [2.75, 3.05) is 55.0 Å². The summed E-state index contributed by atoms with van der Waals surface area (Å²) >= 11 is 0. The van der Waals surface area contributed by atoms with Crippen LogP contribution in [0.25, 0.3) is 0 Å². The minimum absolute atomic E-state index is 0.114. The number of nitrogens with zero attached hydrogens (tertiary/aromatic N) is 4. The molecule has 2 aromatic carbocycles. The van der Waals surface area contributed by atoms with Crippen LogP contribution in [0.15, 0.2) is 65.6 Å². The zero-order chi connectivity index (χ0) is 24.6. The van der Waals surface area contributed by atoms with Crippen molar-refractivity contribution in [1.29, 1.82) is 0 Å². The number of benzene rings is 2. The Bertz CT molecular complexity index is 1310. The molecule has 3 aromatic rings. The van der Waals surface area contributed by atoms with Crippen LogP contribution in [0.5, 0.6) is 0 Å². The Morgan fingerprint density at radius 1 is 1.06 bits per heavy atom. The van der Waals surface area contributed by atoms with E-state index in [9.17, 15) is 12.8 Å². The van der Waals surface area contributed by atoms with Gasteiger partial charge in [0, 0.05) is 38.1 Å². The van der Waals surface area contributed by atoms with Crippen LogP contribution in [0.3, 0.4) is 0 Å². The lowest BCUT2D eigenvalue weighted by Crippen LogP contribution is -2.44. The molecule has 1 fully saturated rings. The van der Waals surface area contributed by atoms with E-state index in [4.69, 9.17) is 9.72 Å². The Hall–Kier alpha value is -3.21. The topological polar surface area (TPSA) is 78.0 Å². The van der Waals surface area contributed by atoms with Crippen LogP contribution in [0.4, 0.5) is 33.1 Å². The van der Waals surface area contributed by atoms with Crippen LogP contribution in [0.2, 0.25) is 0 Å². The van der Waals surface area contributed by atoms with Crippen LogP contribution >= 0.6 is 0 Å². The molecular formula is C25H28FN5O3S. The van der Waals surface area contributed by atoms with Gasteiger partial charge >= 0.3 is 0 Å². The minimum atomic E-state index is -3.61. The molecule has 3 heterocycles. The van der Waals surface area contributed by atoms with Crippen molar-refractivity contribution < 1.29 is 17.5 Å². The second kappa shape index (κ2) is 9.44. The molecule has 0 saturated carbocycles. The number of likely N-dealkylation sites (N-methyl/N-ethyl adjacent to an activating group) is 1. The number of nitrogens with one attached hydrogen (secondary N) is 1. The summed E-state index contributed by atoms with van der Waals surface area (Å²) < 4.78 is 46.4. The molecule has 2 aliphatic heterocycles. The Balaban J connectivity index is 1.45. The van der Waals surface area contributed by atoms with Crippen molar-refractivity contribution in [3.63, 3.8) is 0 Å². The molecule has 35 heavy (non-hydrogen) atoms. The van der Waals surface area contributed by atoms with Gasteiger partial charge in [0.05, 0.1) is 29.8 Å². The zero-order valence-corrected chi connectivity index (χ0v) is 20.5. The normalized spacial score (nSPS) is 18.9. The highest BCUT2D eigenvalue weighted by molar-refractivity contribution is 7.89. The van der Waals surface area contributed by atoms with Crippen molar-refractivity contribution in [2.24, 2.45) is 0 Å². The summed E-state index contributed by atoms with van der Waals surface area (Å²) in [6.07, 6.45) is 0. The summed E-state index contributed by atoms with van der Waals surface area (Å²) in [7, 11) is -1.59. The van der Waals surface area contributed by atoms with Crippen LogP contribution in [0, 0.1) is 5.82 Å². The Morgan fingerprint density at radius 3 is 2.54 bits per heavy atom. The molecule has 5 rings (SSSR count). The van der Waals surface area contributed by atoms with Crippen molar-refractivity contribution in [3.05, 3.63) is 66.5 Å². The van der Waals surface area contributed by atoms with Gasteiger partial charge in [0.25, 0.3) is 0 Å². The zero-order valence-electron chi connectivity index (χ0n) is 19.7. The number of morpholine rings is 1. The molecule has 0 spiro atoms. The van der Waals surface area contributed by atoms with E-state index in [1.807, 2.05) is 25.2 Å². The number of pyridine rings is 1. The molecule has 1 unspecified atom stereocenters. The maximum atomic E-state index is 13.5. The predicted octanol–water partition coefficient (Wildman–Crippen LogP) is 3.96. The SMILES string of the molecule is CC1CN(C)c2ccc(Nc3cccc(S(=O)(=O)N4CCOCC4)c3)nc2N1c1ccc(F)cc1. The lowest BCUT2D eigenvalue weighted by atomic mass is 10.1. The second-order valence-corrected chi connectivity index (χ2v) is 10.7. The molecule has 0 bridgehead atoms. The van der Waals surface area contributed by atoms with Gasteiger partial charge in [-0.15, -0.1) is 0 Å². The number of halogens is 1. The second-order valence-electron chi connectivity index (χ2n) is 8.78. The van der Waals surface area contributed by atoms with E-state index < -0.39 is 10.0 Å². The van der Waals surface area contributed by atoms with Gasteiger partial charge in [-0.2, -0.15) is 4.31 Å². The number of aromatic nitrogens is 1. The molecule has 184 valence electrons. The van der Waals surface area contributed by atoms with E-state index in [0.717, 1.165) is 23.7 Å². The number of rotatable bonds is 5. The van der Waals surface area contributed by atoms with E-state index in [-0.39, 0.29) is 16.8 Å². The van der Waals surface area contributed by atoms with Crippen LogP contribution in [0.1, 0.15) is 6.92 Å². The number of anilines is 5. The highest BCUT2D eigenvalue weighted by Crippen LogP contribution is 2.39. The lowest BCUT2D eigenvalue weighted by Gasteiger charge is -2.41. The largest absolute Gasteiger partial charge is 0.379 e. The fraction of sp³-hybridized carbons (Fsp3) is 0.320. The first-order chi connectivity index (χ1) is 16.8. The average Bonchev–Trinajstić information content (AvgIpc) is 2.86. The molecule has 2 aliphatic rings. The van der Waals surface area contributed by atoms with Gasteiger partial charge in [-0.3, -0.25) is 0 Å². The first kappa shape index (κ1) is 23.5. The highest BCUT2D eigenvalue weighted by Gasteiger charge is 2.30. The summed E-state index contributed by atoms with van der Waals surface area (Å²) in [5.74, 6) is 1.05. The van der Waals surface area contributed by atoms with Crippen LogP contribution in [-0.2, 0) is 14.8 Å². The average molecular weight is 498 g/mol. The van der Waals surface area contributed by atoms with Gasteiger partial charge in [0.15, 0.2) is 5.82 Å². The van der Waals surface area contributed by atoms with Crippen molar-refractivity contribution in [1.82, 2.24) is 9.29 Å². The number of sulfonamides is 1. The van der Waals surface area contributed by atoms with Gasteiger partial charge in [-0.05, 0) is 61.5 Å². The molecule has 1 saturated heterocycles. The number of ether oxygens (including phenoxy) is 1. The molecule has 0 aliphatic carbocycles. The monoisotopic (exact) mass is 497 g/mol. The molecule has 8 nitrogen and oxygen atoms in total. The van der Waals surface area contributed by atoms with E-state index >= 15 is 0 Å². The van der Waals surface area contributed by atoms with E-state index in [1.165, 1.54) is 16.4 Å². The predicted molar refractivity (Wildman–Crippen MR) is 135 cm³/mol. The molecule has 0 amide bonds. The first-order valence-electron chi connectivity index (χ1n) is 11.5. The van der Waals surface area contributed by atoms with E-state index in [2.05, 4.69) is 22.0 Å². The summed E-state index contributed by atoms with van der Waals surface area (Å²) in [5, 5.41) is 3.26. The fourth-order valence-electron chi connectivity index (χ4n) is 4.57. The fourth-order valence-corrected chi connectivity index (χ4v) is 6.02. The van der Waals surface area contributed by atoms with E-state index in [1.54, 1.807) is 30.3 Å². The summed E-state index contributed by atoms with van der Waals surface area (Å²) in [4.78, 5) is 9.34. The van der Waals surface area contributed by atoms with Crippen LogP contribution in [-0.4, -0.2) is 63.6 Å². The molecule has 1 atom stereocenters. The quantitative estimate of drug-likeness (QED) is 0.572. The lowest BCUT2D eigenvalue weighted by molar-refractivity contribution is 0.0730. The molecule has 1 N–H and O–H groups in total. The Kier molecular flexibility index (Phi) is 6.35. The summed E-state index contributed by atoms with van der Waals surface area (Å²) in [6.45, 7) is 4.38. The van der Waals surface area contributed by atoms with Crippen molar-refractivity contribution >= 4 is 38.7 Å². The number of hydrogen-bond acceptors (Lipinski definition) is 7. The molecule has 0 radical (unpaired) electrons. The smallest absolute Gasteiger partial charge is 0.243 e. The highest BCUT2D eigenvalue weighted by atomic mass is 32.2. The standard InChI is InChI=1S/C25H28FN5O3S/c1-18-17-29(2)23-10-11-24(28-25(23)31(18)21-8-6-19(26)7-9-21)27-20-4-3-5-22(16-20)35(32,33)30-12-14-34-15-13-30/h3-11,16,18H,12-15,17H2,1-2H3,(H,27,28). The Morgan fingerprint density at radius 2 is 1.80 bits per heavy atom. The summed E-state index contributed by atoms with van der Waals surface area (Å²) in [5.41, 5.74) is 2.44. The van der Waals surface area contributed by atoms with Gasteiger partial charge in [0.1, 0.15) is 11.6 Å². The number of fused-ring (bicyclic) bond motifs is 1. The Labute approximate surface area is 205 Å². The third-order valence-corrected chi connectivity index (χ3v) is 8.19. The van der Waals surface area contributed by atoms with Gasteiger partial charge in [-0.25, -0.2) is 17.8 Å². The van der Waals surface area contributed by atoms with Crippen molar-refractivity contribution in [3.8, 4) is 0 Å². The number of hydrogen-bond donors (Lipinski definition) is 1. The third kappa shape index (κ3) is 4.69. The first-order valence-corrected chi connectivity index (χ1v) is 13.0. The maximum Gasteiger partial charge on any atom is 0.243 e. The maximum absolute atomic E-state index is 13.5. The summed E-state index contributed by atoms with van der Waals surface area (Å²) in [6, 6.07) is 17.1. The van der Waals surface area contributed by atoms with Gasteiger partial charge in [-0.1, -0.05) is 6.07 Å². The van der Waals surface area contributed by atoms with Crippen molar-refractivity contribution in [2.45, 2.75) is 17.9 Å². The molecular weight excluding hydrogens is 469 g/mol. The van der Waals surface area contributed by atoms with Crippen LogP contribution < -0.4 is 15.1 Å². The molecule has 1 aromatic heterocycles. The van der Waals surface area contributed by atoms with E-state index in [0.29, 0.717) is 37.8 Å². The third-order valence-electron chi connectivity index (χ3n) is 6.29. The molecule has 10 heteroatoms. The van der Waals surface area contributed by atoms with Gasteiger partial charge in [0.2, 0.25) is 10.0 Å². The van der Waals surface area contributed by atoms with Gasteiger partial charge < -0.3 is 19.9 Å².